The Balaban J connectivity index is 1.41. The van der Waals surface area contributed by atoms with Gasteiger partial charge in [0.2, 0.25) is 5.82 Å². The molecule has 0 fully saturated rings. The van der Waals surface area contributed by atoms with E-state index < -0.39 is 34.9 Å². The number of para-hydroxylation sites is 1. The number of hydrogen-bond donors (Lipinski definition) is 1. The Hall–Kier alpha value is -4.64. The van der Waals surface area contributed by atoms with Crippen molar-refractivity contribution in [1.29, 1.82) is 0 Å². The molecule has 0 radical (unpaired) electrons. The molecule has 2 heterocycles. The topological polar surface area (TPSA) is 116 Å². The number of thiophene rings is 1. The SMILES string of the molecule is O=C(COC(=O)C=Cc1cn(-c2ccccc2)nc1-c1cccs1)Nc1ccc(F)c([N+](=O)[O-])c1. The second kappa shape index (κ2) is 10.5. The number of carbonyl (C=O) groups excluding carboxylic acids is 2. The average molecular weight is 492 g/mol. The average Bonchev–Trinajstić information content (AvgIpc) is 3.53. The van der Waals surface area contributed by atoms with E-state index in [9.17, 15) is 24.1 Å². The Bertz CT molecular complexity index is 1400. The Morgan fingerprint density at radius 2 is 1.97 bits per heavy atom. The van der Waals surface area contributed by atoms with Crippen LogP contribution in [0.2, 0.25) is 0 Å². The number of rotatable bonds is 8. The number of nitrogens with one attached hydrogen (secondary N) is 1. The van der Waals surface area contributed by atoms with Crippen molar-refractivity contribution in [2.75, 3.05) is 11.9 Å². The molecule has 0 aliphatic carbocycles. The first-order valence-electron chi connectivity index (χ1n) is 10.2. The highest BCUT2D eigenvalue weighted by atomic mass is 32.1. The largest absolute Gasteiger partial charge is 0.452 e. The number of ether oxygens (including phenoxy) is 1. The lowest BCUT2D eigenvalue weighted by atomic mass is 10.2. The summed E-state index contributed by atoms with van der Waals surface area (Å²) >= 11 is 1.51. The highest BCUT2D eigenvalue weighted by Crippen LogP contribution is 2.28. The van der Waals surface area contributed by atoms with Gasteiger partial charge < -0.3 is 10.1 Å². The van der Waals surface area contributed by atoms with E-state index in [4.69, 9.17) is 4.74 Å². The van der Waals surface area contributed by atoms with Gasteiger partial charge in [-0.05, 0) is 41.8 Å². The number of nitro benzene ring substituents is 1. The Morgan fingerprint density at radius 3 is 2.69 bits per heavy atom. The predicted molar refractivity (Wildman–Crippen MR) is 129 cm³/mol. The molecule has 11 heteroatoms. The van der Waals surface area contributed by atoms with Gasteiger partial charge in [-0.2, -0.15) is 9.49 Å². The van der Waals surface area contributed by atoms with Crippen LogP contribution in [0.3, 0.4) is 0 Å². The van der Waals surface area contributed by atoms with Crippen molar-refractivity contribution in [3.63, 3.8) is 0 Å². The van der Waals surface area contributed by atoms with Crippen molar-refractivity contribution in [3.8, 4) is 16.3 Å². The summed E-state index contributed by atoms with van der Waals surface area (Å²) in [6.45, 7) is -0.630. The number of anilines is 1. The van der Waals surface area contributed by atoms with Gasteiger partial charge in [-0.1, -0.05) is 24.3 Å². The third-order valence-corrected chi connectivity index (χ3v) is 5.57. The van der Waals surface area contributed by atoms with Gasteiger partial charge in [0, 0.05) is 29.6 Å². The highest BCUT2D eigenvalue weighted by molar-refractivity contribution is 7.13. The van der Waals surface area contributed by atoms with Crippen LogP contribution in [-0.2, 0) is 14.3 Å². The van der Waals surface area contributed by atoms with Gasteiger partial charge in [0.25, 0.3) is 5.91 Å². The van der Waals surface area contributed by atoms with Crippen LogP contribution in [0.15, 0.2) is 78.3 Å². The monoisotopic (exact) mass is 492 g/mol. The van der Waals surface area contributed by atoms with Crippen molar-refractivity contribution in [2.24, 2.45) is 0 Å². The number of nitrogens with zero attached hydrogens (tertiary/aromatic N) is 3. The molecule has 176 valence electrons. The van der Waals surface area contributed by atoms with Crippen LogP contribution in [0.25, 0.3) is 22.3 Å². The Morgan fingerprint density at radius 1 is 1.17 bits per heavy atom. The first-order chi connectivity index (χ1) is 16.9. The zero-order chi connectivity index (χ0) is 24.8. The van der Waals surface area contributed by atoms with E-state index in [1.165, 1.54) is 23.5 Å². The molecular formula is C24H17FN4O5S. The maximum absolute atomic E-state index is 13.4. The number of hydrogen-bond acceptors (Lipinski definition) is 7. The predicted octanol–water partition coefficient (Wildman–Crippen LogP) is 4.84. The van der Waals surface area contributed by atoms with E-state index in [0.29, 0.717) is 11.3 Å². The number of aromatic nitrogens is 2. The van der Waals surface area contributed by atoms with Crippen LogP contribution < -0.4 is 5.32 Å². The summed E-state index contributed by atoms with van der Waals surface area (Å²) in [6, 6.07) is 16.2. The molecule has 0 spiro atoms. The minimum atomic E-state index is -1.03. The third-order valence-electron chi connectivity index (χ3n) is 4.69. The molecule has 0 aliphatic heterocycles. The third kappa shape index (κ3) is 5.84. The van der Waals surface area contributed by atoms with E-state index in [2.05, 4.69) is 10.4 Å². The van der Waals surface area contributed by atoms with Crippen molar-refractivity contribution in [3.05, 3.63) is 99.8 Å². The van der Waals surface area contributed by atoms with Gasteiger partial charge in [-0.25, -0.2) is 9.48 Å². The lowest BCUT2D eigenvalue weighted by Gasteiger charge is -2.05. The van der Waals surface area contributed by atoms with Crippen LogP contribution in [0.5, 0.6) is 0 Å². The van der Waals surface area contributed by atoms with Crippen LogP contribution >= 0.6 is 11.3 Å². The summed E-state index contributed by atoms with van der Waals surface area (Å²) in [6.07, 6.45) is 4.51. The van der Waals surface area contributed by atoms with Crippen LogP contribution in [0.4, 0.5) is 15.8 Å². The quantitative estimate of drug-likeness (QED) is 0.163. The molecular weight excluding hydrogens is 475 g/mol. The second-order valence-corrected chi connectivity index (χ2v) is 8.05. The standard InChI is InChI=1S/C24H17FN4O5S/c25-19-10-9-17(13-20(19)29(32)33)26-22(30)15-34-23(31)11-8-16-14-28(18-5-2-1-3-6-18)27-24(16)21-7-4-12-35-21/h1-14H,15H2,(H,26,30). The van der Waals surface area contributed by atoms with Crippen LogP contribution in [0, 0.1) is 15.9 Å². The van der Waals surface area contributed by atoms with Gasteiger partial charge in [-0.3, -0.25) is 14.9 Å². The number of carbonyl (C=O) groups is 2. The molecule has 4 aromatic rings. The summed E-state index contributed by atoms with van der Waals surface area (Å²) in [5, 5.41) is 19.7. The van der Waals surface area contributed by atoms with Gasteiger partial charge in [-0.15, -0.1) is 11.3 Å². The number of benzene rings is 2. The molecule has 2 aromatic heterocycles. The summed E-state index contributed by atoms with van der Waals surface area (Å²) in [5.74, 6) is -2.53. The molecule has 4 rings (SSSR count). The normalized spacial score (nSPS) is 10.9. The Labute approximate surface area is 202 Å². The van der Waals surface area contributed by atoms with Crippen molar-refractivity contribution >= 4 is 40.7 Å². The van der Waals surface area contributed by atoms with E-state index in [1.807, 2.05) is 47.8 Å². The van der Waals surface area contributed by atoms with Gasteiger partial charge in [0.05, 0.1) is 15.5 Å². The van der Waals surface area contributed by atoms with Gasteiger partial charge in [0.15, 0.2) is 6.61 Å². The summed E-state index contributed by atoms with van der Waals surface area (Å²) in [7, 11) is 0. The first-order valence-corrected chi connectivity index (χ1v) is 11.1. The van der Waals surface area contributed by atoms with Crippen molar-refractivity contribution in [2.45, 2.75) is 0 Å². The molecule has 9 nitrogen and oxygen atoms in total. The fourth-order valence-electron chi connectivity index (χ4n) is 3.10. The molecule has 0 saturated carbocycles. The van der Waals surface area contributed by atoms with E-state index in [0.717, 1.165) is 22.7 Å². The number of halogens is 1. The number of nitro groups is 1. The lowest BCUT2D eigenvalue weighted by Crippen LogP contribution is -2.20. The summed E-state index contributed by atoms with van der Waals surface area (Å²) in [4.78, 5) is 35.1. The molecule has 0 aliphatic rings. The highest BCUT2D eigenvalue weighted by Gasteiger charge is 2.16. The number of amides is 1. The van der Waals surface area contributed by atoms with Gasteiger partial charge in [0.1, 0.15) is 5.69 Å². The molecule has 0 atom stereocenters. The smallest absolute Gasteiger partial charge is 0.331 e. The van der Waals surface area contributed by atoms with Crippen LogP contribution in [-0.4, -0.2) is 33.2 Å². The Kier molecular flexibility index (Phi) is 7.07. The van der Waals surface area contributed by atoms with Crippen molar-refractivity contribution < 1.29 is 23.6 Å². The zero-order valence-electron chi connectivity index (χ0n) is 18.0. The van der Waals surface area contributed by atoms with E-state index in [1.54, 1.807) is 17.0 Å². The molecule has 35 heavy (non-hydrogen) atoms. The summed E-state index contributed by atoms with van der Waals surface area (Å²) in [5.41, 5.74) is 1.44. The van der Waals surface area contributed by atoms with Gasteiger partial charge >= 0.3 is 11.7 Å². The molecule has 2 aromatic carbocycles. The van der Waals surface area contributed by atoms with E-state index in [-0.39, 0.29) is 5.69 Å². The fraction of sp³-hybridized carbons (Fsp3) is 0.0417. The minimum absolute atomic E-state index is 0.00334. The summed E-state index contributed by atoms with van der Waals surface area (Å²) < 4.78 is 20.1. The fourth-order valence-corrected chi connectivity index (χ4v) is 3.83. The maximum atomic E-state index is 13.4. The molecule has 0 bridgehead atoms. The zero-order valence-corrected chi connectivity index (χ0v) is 18.8. The molecule has 1 amide bonds. The van der Waals surface area contributed by atoms with Crippen molar-refractivity contribution in [1.82, 2.24) is 9.78 Å². The lowest BCUT2D eigenvalue weighted by molar-refractivity contribution is -0.387. The molecule has 1 N–H and O–H groups in total. The number of esters is 1. The van der Waals surface area contributed by atoms with Crippen LogP contribution in [0.1, 0.15) is 5.56 Å². The molecule has 0 saturated heterocycles. The maximum Gasteiger partial charge on any atom is 0.331 e. The first kappa shape index (κ1) is 23.5. The minimum Gasteiger partial charge on any atom is -0.452 e. The van der Waals surface area contributed by atoms with E-state index >= 15 is 0 Å². The molecule has 0 unspecified atom stereocenters. The second-order valence-electron chi connectivity index (χ2n) is 7.10.